The summed E-state index contributed by atoms with van der Waals surface area (Å²) in [4.78, 5) is 0. The van der Waals surface area contributed by atoms with Gasteiger partial charge in [-0.2, -0.15) is 0 Å². The molecule has 1 aliphatic rings. The molecule has 0 aromatic carbocycles. The van der Waals surface area contributed by atoms with Crippen molar-refractivity contribution in [3.63, 3.8) is 0 Å². The van der Waals surface area contributed by atoms with Gasteiger partial charge >= 0.3 is 0 Å². The van der Waals surface area contributed by atoms with Crippen LogP contribution in [0.4, 0.5) is 0 Å². The Balaban J connectivity index is 2.54. The van der Waals surface area contributed by atoms with Crippen LogP contribution in [0.25, 0.3) is 0 Å². The standard InChI is InChI=1S/C15H31NO/c1-11(2)14(10-17-6)16-13-7-12(3)8-15(4,5)9-13/h11-14,16H,7-10H2,1-6H3. The van der Waals surface area contributed by atoms with E-state index in [9.17, 15) is 0 Å². The van der Waals surface area contributed by atoms with Crippen molar-refractivity contribution in [3.05, 3.63) is 0 Å². The highest BCUT2D eigenvalue weighted by atomic mass is 16.5. The van der Waals surface area contributed by atoms with Crippen molar-refractivity contribution in [2.45, 2.75) is 66.0 Å². The number of hydrogen-bond donors (Lipinski definition) is 1. The second kappa shape index (κ2) is 6.19. The molecule has 2 heteroatoms. The fourth-order valence-corrected chi connectivity index (χ4v) is 3.39. The molecule has 2 nitrogen and oxygen atoms in total. The molecule has 1 rings (SSSR count). The molecule has 1 fully saturated rings. The van der Waals surface area contributed by atoms with Crippen molar-refractivity contribution >= 4 is 0 Å². The molecule has 1 aliphatic carbocycles. The zero-order valence-corrected chi connectivity index (χ0v) is 12.5. The van der Waals surface area contributed by atoms with Crippen LogP contribution < -0.4 is 5.32 Å². The third kappa shape index (κ3) is 4.97. The third-order valence-electron chi connectivity index (χ3n) is 3.99. The molecule has 1 saturated carbocycles. The highest BCUT2D eigenvalue weighted by Gasteiger charge is 2.33. The van der Waals surface area contributed by atoms with Gasteiger partial charge in [-0.25, -0.2) is 0 Å². The number of hydrogen-bond acceptors (Lipinski definition) is 2. The lowest BCUT2D eigenvalue weighted by molar-refractivity contribution is 0.104. The highest BCUT2D eigenvalue weighted by Crippen LogP contribution is 2.38. The van der Waals surface area contributed by atoms with Crippen LogP contribution in [-0.2, 0) is 4.74 Å². The minimum absolute atomic E-state index is 0.490. The van der Waals surface area contributed by atoms with Crippen molar-refractivity contribution in [2.75, 3.05) is 13.7 Å². The Morgan fingerprint density at radius 2 is 1.94 bits per heavy atom. The van der Waals surface area contributed by atoms with Gasteiger partial charge in [-0.05, 0) is 36.5 Å². The third-order valence-corrected chi connectivity index (χ3v) is 3.99. The number of nitrogens with one attached hydrogen (secondary N) is 1. The lowest BCUT2D eigenvalue weighted by atomic mass is 9.70. The van der Waals surface area contributed by atoms with Gasteiger partial charge in [-0.1, -0.05) is 34.6 Å². The van der Waals surface area contributed by atoms with E-state index in [1.807, 2.05) is 0 Å². The fraction of sp³-hybridized carbons (Fsp3) is 1.00. The van der Waals surface area contributed by atoms with Crippen LogP contribution in [0.2, 0.25) is 0 Å². The summed E-state index contributed by atoms with van der Waals surface area (Å²) in [7, 11) is 1.80. The van der Waals surface area contributed by atoms with Gasteiger partial charge in [0, 0.05) is 19.2 Å². The predicted molar refractivity (Wildman–Crippen MR) is 74.2 cm³/mol. The molecule has 0 saturated heterocycles. The second-order valence-corrected chi connectivity index (χ2v) is 7.08. The molecule has 3 atom stereocenters. The molecule has 0 bridgehead atoms. The van der Waals surface area contributed by atoms with E-state index in [1.54, 1.807) is 7.11 Å². The molecule has 0 aromatic rings. The van der Waals surface area contributed by atoms with Crippen LogP contribution in [0.5, 0.6) is 0 Å². The molecular weight excluding hydrogens is 210 g/mol. The van der Waals surface area contributed by atoms with Crippen LogP contribution in [0.3, 0.4) is 0 Å². The van der Waals surface area contributed by atoms with Crippen LogP contribution in [0.15, 0.2) is 0 Å². The number of rotatable bonds is 5. The van der Waals surface area contributed by atoms with E-state index in [1.165, 1.54) is 19.3 Å². The van der Waals surface area contributed by atoms with Crippen molar-refractivity contribution < 1.29 is 4.74 Å². The highest BCUT2D eigenvalue weighted by molar-refractivity contribution is 4.88. The van der Waals surface area contributed by atoms with E-state index in [0.717, 1.165) is 12.5 Å². The van der Waals surface area contributed by atoms with Crippen LogP contribution in [0, 0.1) is 17.3 Å². The summed E-state index contributed by atoms with van der Waals surface area (Å²) in [5.41, 5.74) is 0.490. The molecule has 0 aromatic heterocycles. The molecule has 0 spiro atoms. The summed E-state index contributed by atoms with van der Waals surface area (Å²) >= 11 is 0. The lowest BCUT2D eigenvalue weighted by Crippen LogP contribution is -2.48. The van der Waals surface area contributed by atoms with Crippen LogP contribution in [0.1, 0.15) is 53.9 Å². The maximum Gasteiger partial charge on any atom is 0.0618 e. The first-order chi connectivity index (χ1) is 7.84. The second-order valence-electron chi connectivity index (χ2n) is 7.08. The largest absolute Gasteiger partial charge is 0.383 e. The molecule has 1 N–H and O–H groups in total. The molecule has 0 amide bonds. The summed E-state index contributed by atoms with van der Waals surface area (Å²) in [5.74, 6) is 1.47. The lowest BCUT2D eigenvalue weighted by Gasteiger charge is -2.41. The first-order valence-electron chi connectivity index (χ1n) is 7.09. The average molecular weight is 241 g/mol. The summed E-state index contributed by atoms with van der Waals surface area (Å²) in [6.07, 6.45) is 3.97. The van der Waals surface area contributed by atoms with Gasteiger partial charge in [-0.15, -0.1) is 0 Å². The topological polar surface area (TPSA) is 21.3 Å². The van der Waals surface area contributed by atoms with E-state index in [0.29, 0.717) is 23.4 Å². The number of ether oxygens (including phenoxy) is 1. The fourth-order valence-electron chi connectivity index (χ4n) is 3.39. The molecule has 0 radical (unpaired) electrons. The Morgan fingerprint density at radius 3 is 2.41 bits per heavy atom. The number of methoxy groups -OCH3 is 1. The van der Waals surface area contributed by atoms with Crippen LogP contribution in [-0.4, -0.2) is 25.8 Å². The Hall–Kier alpha value is -0.0800. The maximum atomic E-state index is 5.32. The predicted octanol–water partition coefficient (Wildman–Crippen LogP) is 3.46. The smallest absolute Gasteiger partial charge is 0.0618 e. The summed E-state index contributed by atoms with van der Waals surface area (Å²) < 4.78 is 5.32. The van der Waals surface area contributed by atoms with Gasteiger partial charge < -0.3 is 10.1 Å². The normalized spacial score (nSPS) is 30.5. The van der Waals surface area contributed by atoms with E-state index < -0.39 is 0 Å². The minimum Gasteiger partial charge on any atom is -0.383 e. The molecular formula is C15H31NO. The minimum atomic E-state index is 0.490. The summed E-state index contributed by atoms with van der Waals surface area (Å²) in [6, 6.07) is 1.16. The Morgan fingerprint density at radius 1 is 1.29 bits per heavy atom. The van der Waals surface area contributed by atoms with Crippen molar-refractivity contribution in [3.8, 4) is 0 Å². The Bertz CT molecular complexity index is 225. The van der Waals surface area contributed by atoms with Gasteiger partial charge in [-0.3, -0.25) is 0 Å². The van der Waals surface area contributed by atoms with Crippen LogP contribution >= 0.6 is 0 Å². The first-order valence-corrected chi connectivity index (χ1v) is 7.09. The van der Waals surface area contributed by atoms with E-state index >= 15 is 0 Å². The molecule has 0 aliphatic heterocycles. The van der Waals surface area contributed by atoms with Gasteiger partial charge in [0.2, 0.25) is 0 Å². The van der Waals surface area contributed by atoms with E-state index in [4.69, 9.17) is 4.74 Å². The van der Waals surface area contributed by atoms with E-state index in [2.05, 4.69) is 39.9 Å². The Kier molecular flexibility index (Phi) is 5.46. The average Bonchev–Trinajstić information content (AvgIpc) is 2.13. The maximum absolute atomic E-state index is 5.32. The van der Waals surface area contributed by atoms with E-state index in [-0.39, 0.29) is 0 Å². The first kappa shape index (κ1) is 15.0. The zero-order chi connectivity index (χ0) is 13.1. The quantitative estimate of drug-likeness (QED) is 0.796. The van der Waals surface area contributed by atoms with Crippen molar-refractivity contribution in [1.29, 1.82) is 0 Å². The Labute approximate surface area is 108 Å². The monoisotopic (exact) mass is 241 g/mol. The molecule has 17 heavy (non-hydrogen) atoms. The van der Waals surface area contributed by atoms with Gasteiger partial charge in [0.25, 0.3) is 0 Å². The van der Waals surface area contributed by atoms with Gasteiger partial charge in [0.1, 0.15) is 0 Å². The van der Waals surface area contributed by atoms with Crippen molar-refractivity contribution in [1.82, 2.24) is 5.32 Å². The zero-order valence-electron chi connectivity index (χ0n) is 12.5. The summed E-state index contributed by atoms with van der Waals surface area (Å²) in [6.45, 7) is 12.6. The molecule has 3 unspecified atom stereocenters. The molecule has 102 valence electrons. The van der Waals surface area contributed by atoms with Gasteiger partial charge in [0.15, 0.2) is 0 Å². The van der Waals surface area contributed by atoms with Gasteiger partial charge in [0.05, 0.1) is 6.61 Å². The summed E-state index contributed by atoms with van der Waals surface area (Å²) in [5, 5.41) is 3.82. The SMILES string of the molecule is COCC(NC1CC(C)CC(C)(C)C1)C(C)C. The van der Waals surface area contributed by atoms with Crippen molar-refractivity contribution in [2.24, 2.45) is 17.3 Å². The molecule has 0 heterocycles.